The van der Waals surface area contributed by atoms with E-state index in [4.69, 9.17) is 34.8 Å². The van der Waals surface area contributed by atoms with Crippen LogP contribution in [0.5, 0.6) is 0 Å². The van der Waals surface area contributed by atoms with Gasteiger partial charge < -0.3 is 5.32 Å². The van der Waals surface area contributed by atoms with Crippen LogP contribution in [0.4, 0.5) is 5.69 Å². The lowest BCUT2D eigenvalue weighted by Crippen LogP contribution is -2.15. The molecule has 5 nitrogen and oxygen atoms in total. The Morgan fingerprint density at radius 2 is 1.77 bits per heavy atom. The minimum Gasteiger partial charge on any atom is -0.324 e. The highest BCUT2D eigenvalue weighted by molar-refractivity contribution is 7.99. The average Bonchev–Trinajstić information content (AvgIpc) is 2.99. The zero-order chi connectivity index (χ0) is 18.7. The number of nitrogens with zero attached hydrogens (tertiary/aromatic N) is 3. The van der Waals surface area contributed by atoms with Gasteiger partial charge in [-0.2, -0.15) is 0 Å². The quantitative estimate of drug-likeness (QED) is 0.445. The number of carbonyl (C=O) groups is 1. The Morgan fingerprint density at radius 3 is 2.50 bits per heavy atom. The molecular weight excluding hydrogens is 415 g/mol. The zero-order valence-electron chi connectivity index (χ0n) is 13.5. The number of thioether (sulfide) groups is 1. The maximum absolute atomic E-state index is 12.3. The van der Waals surface area contributed by atoms with Crippen molar-refractivity contribution in [3.05, 3.63) is 63.4 Å². The molecule has 0 aliphatic carbocycles. The third-order valence-electron chi connectivity index (χ3n) is 3.43. The second-order valence-electron chi connectivity index (χ2n) is 5.28. The Balaban J connectivity index is 1.71. The number of carbonyl (C=O) groups excluding carboxylic acids is 1. The molecule has 0 bridgehead atoms. The fourth-order valence-electron chi connectivity index (χ4n) is 2.25. The summed E-state index contributed by atoms with van der Waals surface area (Å²) in [5.74, 6) is 0.642. The molecule has 1 N–H and O–H groups in total. The van der Waals surface area contributed by atoms with E-state index >= 15 is 0 Å². The minimum atomic E-state index is -0.240. The molecule has 0 radical (unpaired) electrons. The van der Waals surface area contributed by atoms with Crippen LogP contribution in [-0.4, -0.2) is 26.4 Å². The second-order valence-corrected chi connectivity index (χ2v) is 7.45. The standard InChI is InChI=1S/C17H13Cl3N4OS/c1-10-22-23-17(24(10)11-5-3-2-4-6-11)26-9-16(25)21-15-8-13(19)12(18)7-14(15)20/h2-8H,9H2,1H3,(H,21,25). The van der Waals surface area contributed by atoms with Crippen molar-refractivity contribution in [1.82, 2.24) is 14.8 Å². The number of hydrogen-bond donors (Lipinski definition) is 1. The monoisotopic (exact) mass is 426 g/mol. The van der Waals surface area contributed by atoms with Gasteiger partial charge in [0.15, 0.2) is 5.16 Å². The van der Waals surface area contributed by atoms with Crippen LogP contribution in [0.3, 0.4) is 0 Å². The van der Waals surface area contributed by atoms with Gasteiger partial charge in [-0.15, -0.1) is 10.2 Å². The van der Waals surface area contributed by atoms with Gasteiger partial charge in [0.25, 0.3) is 0 Å². The first-order valence-electron chi connectivity index (χ1n) is 7.50. The Bertz CT molecular complexity index is 947. The molecule has 0 atom stereocenters. The van der Waals surface area contributed by atoms with Crippen LogP contribution in [0, 0.1) is 6.92 Å². The van der Waals surface area contributed by atoms with Crippen molar-refractivity contribution in [2.75, 3.05) is 11.1 Å². The molecule has 2 aromatic carbocycles. The highest BCUT2D eigenvalue weighted by Gasteiger charge is 2.14. The van der Waals surface area contributed by atoms with Crippen LogP contribution in [0.2, 0.25) is 15.1 Å². The molecule has 0 saturated carbocycles. The van der Waals surface area contributed by atoms with E-state index in [-0.39, 0.29) is 11.7 Å². The molecule has 0 saturated heterocycles. The molecule has 3 aromatic rings. The fraction of sp³-hybridized carbons (Fsp3) is 0.118. The molecule has 0 aliphatic heterocycles. The smallest absolute Gasteiger partial charge is 0.234 e. The molecule has 9 heteroatoms. The predicted molar refractivity (Wildman–Crippen MR) is 107 cm³/mol. The van der Waals surface area contributed by atoms with E-state index in [1.165, 1.54) is 23.9 Å². The van der Waals surface area contributed by atoms with Crippen molar-refractivity contribution in [2.45, 2.75) is 12.1 Å². The van der Waals surface area contributed by atoms with Gasteiger partial charge in [0.2, 0.25) is 5.91 Å². The molecule has 0 unspecified atom stereocenters. The van der Waals surface area contributed by atoms with Gasteiger partial charge in [0.1, 0.15) is 5.82 Å². The lowest BCUT2D eigenvalue weighted by atomic mass is 10.3. The van der Waals surface area contributed by atoms with E-state index in [9.17, 15) is 4.79 Å². The second kappa shape index (κ2) is 8.31. The van der Waals surface area contributed by atoms with Crippen molar-refractivity contribution >= 4 is 58.2 Å². The molecular formula is C17H13Cl3N4OS. The summed E-state index contributed by atoms with van der Waals surface area (Å²) >= 11 is 19.2. The first-order valence-corrected chi connectivity index (χ1v) is 9.62. The summed E-state index contributed by atoms with van der Waals surface area (Å²) in [5, 5.41) is 12.6. The summed E-state index contributed by atoms with van der Waals surface area (Å²) in [6.45, 7) is 1.86. The predicted octanol–water partition coefficient (Wildman–Crippen LogP) is 5.27. The number of rotatable bonds is 5. The molecule has 0 spiro atoms. The van der Waals surface area contributed by atoms with E-state index in [0.717, 1.165) is 11.5 Å². The lowest BCUT2D eigenvalue weighted by molar-refractivity contribution is -0.113. The van der Waals surface area contributed by atoms with Crippen molar-refractivity contribution in [1.29, 1.82) is 0 Å². The minimum absolute atomic E-state index is 0.140. The first-order chi connectivity index (χ1) is 12.5. The summed E-state index contributed by atoms with van der Waals surface area (Å²) in [6, 6.07) is 12.7. The number of anilines is 1. The van der Waals surface area contributed by atoms with Crippen LogP contribution < -0.4 is 5.32 Å². The Labute approximate surface area is 169 Å². The molecule has 3 rings (SSSR count). The highest BCUT2D eigenvalue weighted by Crippen LogP contribution is 2.32. The normalized spacial score (nSPS) is 10.8. The number of aryl methyl sites for hydroxylation is 1. The molecule has 0 fully saturated rings. The third-order valence-corrected chi connectivity index (χ3v) is 5.39. The maximum Gasteiger partial charge on any atom is 0.234 e. The van der Waals surface area contributed by atoms with Crippen LogP contribution >= 0.6 is 46.6 Å². The number of aromatic nitrogens is 3. The number of halogens is 3. The Hall–Kier alpha value is -1.73. The van der Waals surface area contributed by atoms with Crippen LogP contribution in [0.1, 0.15) is 5.82 Å². The highest BCUT2D eigenvalue weighted by atomic mass is 35.5. The van der Waals surface area contributed by atoms with E-state index in [1.54, 1.807) is 0 Å². The fourth-order valence-corrected chi connectivity index (χ4v) is 3.64. The van der Waals surface area contributed by atoms with Gasteiger partial charge in [-0.3, -0.25) is 9.36 Å². The summed E-state index contributed by atoms with van der Waals surface area (Å²) in [5.41, 5.74) is 1.35. The largest absolute Gasteiger partial charge is 0.324 e. The van der Waals surface area contributed by atoms with Gasteiger partial charge >= 0.3 is 0 Å². The van der Waals surface area contributed by atoms with Gasteiger partial charge in [-0.1, -0.05) is 64.8 Å². The van der Waals surface area contributed by atoms with Crippen LogP contribution in [0.25, 0.3) is 5.69 Å². The number of amides is 1. The summed E-state index contributed by atoms with van der Waals surface area (Å²) in [7, 11) is 0. The van der Waals surface area contributed by atoms with Gasteiger partial charge in [0, 0.05) is 5.69 Å². The third kappa shape index (κ3) is 4.32. The first kappa shape index (κ1) is 19.0. The summed E-state index contributed by atoms with van der Waals surface area (Å²) < 4.78 is 1.89. The van der Waals surface area contributed by atoms with E-state index in [1.807, 2.05) is 41.8 Å². The Morgan fingerprint density at radius 1 is 1.08 bits per heavy atom. The zero-order valence-corrected chi connectivity index (χ0v) is 16.6. The SMILES string of the molecule is Cc1nnc(SCC(=O)Nc2cc(Cl)c(Cl)cc2Cl)n1-c1ccccc1. The van der Waals surface area contributed by atoms with Crippen molar-refractivity contribution < 1.29 is 4.79 Å². The van der Waals surface area contributed by atoms with Gasteiger partial charge in [0.05, 0.1) is 26.5 Å². The molecule has 1 aromatic heterocycles. The number of benzene rings is 2. The topological polar surface area (TPSA) is 59.8 Å². The maximum atomic E-state index is 12.3. The van der Waals surface area contributed by atoms with E-state index in [0.29, 0.717) is 25.9 Å². The number of hydrogen-bond acceptors (Lipinski definition) is 4. The summed E-state index contributed by atoms with van der Waals surface area (Å²) in [4.78, 5) is 12.3. The van der Waals surface area contributed by atoms with Crippen LogP contribution in [0.15, 0.2) is 47.6 Å². The van der Waals surface area contributed by atoms with Crippen molar-refractivity contribution in [3.8, 4) is 5.69 Å². The Kier molecular flexibility index (Phi) is 6.09. The number of nitrogens with one attached hydrogen (secondary N) is 1. The average molecular weight is 428 g/mol. The van der Waals surface area contributed by atoms with Crippen molar-refractivity contribution in [3.63, 3.8) is 0 Å². The van der Waals surface area contributed by atoms with Gasteiger partial charge in [-0.25, -0.2) is 0 Å². The van der Waals surface area contributed by atoms with Crippen LogP contribution in [-0.2, 0) is 4.79 Å². The van der Waals surface area contributed by atoms with Crippen molar-refractivity contribution in [2.24, 2.45) is 0 Å². The van der Waals surface area contributed by atoms with E-state index in [2.05, 4.69) is 15.5 Å². The molecule has 26 heavy (non-hydrogen) atoms. The molecule has 1 amide bonds. The molecule has 134 valence electrons. The molecule has 1 heterocycles. The number of para-hydroxylation sites is 1. The molecule has 0 aliphatic rings. The lowest BCUT2D eigenvalue weighted by Gasteiger charge is -2.10. The summed E-state index contributed by atoms with van der Waals surface area (Å²) in [6.07, 6.45) is 0. The van der Waals surface area contributed by atoms with Gasteiger partial charge in [-0.05, 0) is 31.2 Å². The van der Waals surface area contributed by atoms with E-state index < -0.39 is 0 Å².